The van der Waals surface area contributed by atoms with Crippen LogP contribution in [0.15, 0.2) is 97.8 Å². The van der Waals surface area contributed by atoms with E-state index in [9.17, 15) is 4.79 Å². The molecule has 5 rings (SSSR count). The number of pyridine rings is 1. The third-order valence-electron chi connectivity index (χ3n) is 6.70. The zero-order valence-corrected chi connectivity index (χ0v) is 23.3. The van der Waals surface area contributed by atoms with Crippen LogP contribution in [0.1, 0.15) is 18.1 Å². The van der Waals surface area contributed by atoms with Crippen molar-refractivity contribution in [2.24, 2.45) is 0 Å². The number of carbonyl (C=O) groups excluding carboxylic acids is 1. The fourth-order valence-corrected chi connectivity index (χ4v) is 4.57. The number of fused-ring (bicyclic) bond motifs is 1. The van der Waals surface area contributed by atoms with E-state index in [2.05, 4.69) is 21.9 Å². The van der Waals surface area contributed by atoms with Gasteiger partial charge < -0.3 is 19.7 Å². The Hall–Kier alpha value is -5.24. The van der Waals surface area contributed by atoms with Crippen molar-refractivity contribution < 1.29 is 14.3 Å². The molecule has 0 aliphatic heterocycles. The Balaban J connectivity index is 1.37. The van der Waals surface area contributed by atoms with Crippen LogP contribution in [0.3, 0.4) is 0 Å². The summed E-state index contributed by atoms with van der Waals surface area (Å²) < 4.78 is 11.4. The quantitative estimate of drug-likeness (QED) is 0.192. The van der Waals surface area contributed by atoms with E-state index in [-0.39, 0.29) is 5.91 Å². The van der Waals surface area contributed by atoms with Gasteiger partial charge in [0.15, 0.2) is 0 Å². The van der Waals surface area contributed by atoms with Crippen LogP contribution in [0.5, 0.6) is 11.6 Å². The largest absolute Gasteiger partial charge is 0.497 e. The summed E-state index contributed by atoms with van der Waals surface area (Å²) in [5.41, 5.74) is 6.31. The topological polar surface area (TPSA) is 89.5 Å². The Labute approximate surface area is 239 Å². The van der Waals surface area contributed by atoms with E-state index >= 15 is 0 Å². The fraction of sp³-hybridized carbons (Fsp3) is 0.152. The Morgan fingerprint density at radius 2 is 1.88 bits per heavy atom. The number of likely N-dealkylation sites (N-methyl/N-ethyl adjacent to an activating group) is 1. The van der Waals surface area contributed by atoms with E-state index in [1.165, 1.54) is 6.08 Å². The number of nitrogens with one attached hydrogen (secondary N) is 1. The number of ether oxygens (including phenoxy) is 2. The van der Waals surface area contributed by atoms with E-state index in [0.29, 0.717) is 25.0 Å². The van der Waals surface area contributed by atoms with Crippen LogP contribution in [-0.4, -0.2) is 34.5 Å². The number of aromatic nitrogens is 3. The summed E-state index contributed by atoms with van der Waals surface area (Å²) in [5, 5.41) is 4.14. The standard InChI is InChI=1S/C33H31N5O3/c1-5-30(39)38(6-2)27-9-7-8-26(19-27)36-33-35-20-25-18-24(12-15-29(25)37-33)31-22(3)16-17-34-32(31)41-21-23-10-13-28(40-4)14-11-23/h5,7-20H,1,6,21H2,2-4H3,(H,35,36,37). The van der Waals surface area contributed by atoms with Crippen LogP contribution in [0, 0.1) is 6.92 Å². The van der Waals surface area contributed by atoms with Gasteiger partial charge in [-0.15, -0.1) is 0 Å². The normalized spacial score (nSPS) is 10.7. The minimum absolute atomic E-state index is 0.152. The molecule has 3 aromatic carbocycles. The maximum Gasteiger partial charge on any atom is 0.250 e. The smallest absolute Gasteiger partial charge is 0.250 e. The molecule has 0 bridgehead atoms. The molecule has 0 fully saturated rings. The van der Waals surface area contributed by atoms with E-state index in [4.69, 9.17) is 14.5 Å². The lowest BCUT2D eigenvalue weighted by molar-refractivity contribution is -0.114. The Morgan fingerprint density at radius 3 is 2.63 bits per heavy atom. The molecular formula is C33H31N5O3. The predicted molar refractivity (Wildman–Crippen MR) is 163 cm³/mol. The van der Waals surface area contributed by atoms with Crippen molar-refractivity contribution >= 4 is 34.1 Å². The number of anilines is 3. The van der Waals surface area contributed by atoms with Crippen LogP contribution in [0.2, 0.25) is 0 Å². The summed E-state index contributed by atoms with van der Waals surface area (Å²) in [6.45, 7) is 8.48. The summed E-state index contributed by atoms with van der Waals surface area (Å²) in [5.74, 6) is 1.67. The highest BCUT2D eigenvalue weighted by atomic mass is 16.5. The summed E-state index contributed by atoms with van der Waals surface area (Å²) >= 11 is 0. The number of hydrogen-bond acceptors (Lipinski definition) is 7. The van der Waals surface area contributed by atoms with Gasteiger partial charge in [0.1, 0.15) is 12.4 Å². The number of aryl methyl sites for hydroxylation is 1. The molecule has 0 atom stereocenters. The Bertz CT molecular complexity index is 1700. The molecule has 8 heteroatoms. The van der Waals surface area contributed by atoms with E-state index in [1.807, 2.05) is 86.6 Å². The molecule has 0 spiro atoms. The van der Waals surface area contributed by atoms with Gasteiger partial charge in [0.25, 0.3) is 0 Å². The maximum absolute atomic E-state index is 12.2. The van der Waals surface area contributed by atoms with Gasteiger partial charge in [0, 0.05) is 41.3 Å². The number of rotatable bonds is 10. The molecule has 2 heterocycles. The molecule has 1 N–H and O–H groups in total. The SMILES string of the molecule is C=CC(=O)N(CC)c1cccc(Nc2ncc3cc(-c4c(C)ccnc4OCc4ccc(OC)cc4)ccc3n2)c1. The highest BCUT2D eigenvalue weighted by Gasteiger charge is 2.14. The van der Waals surface area contributed by atoms with Gasteiger partial charge in [0.2, 0.25) is 17.7 Å². The zero-order chi connectivity index (χ0) is 28.8. The van der Waals surface area contributed by atoms with Crippen molar-refractivity contribution in [1.82, 2.24) is 15.0 Å². The Kier molecular flexibility index (Phi) is 8.20. The first kappa shape index (κ1) is 27.3. The summed E-state index contributed by atoms with van der Waals surface area (Å²) in [6, 6.07) is 23.3. The van der Waals surface area contributed by atoms with Crippen molar-refractivity contribution in [1.29, 1.82) is 0 Å². The molecule has 0 radical (unpaired) electrons. The molecule has 0 saturated heterocycles. The number of nitrogens with zero attached hydrogens (tertiary/aromatic N) is 4. The lowest BCUT2D eigenvalue weighted by Gasteiger charge is -2.20. The number of amides is 1. The van der Waals surface area contributed by atoms with Crippen LogP contribution >= 0.6 is 0 Å². The molecule has 2 aromatic heterocycles. The third kappa shape index (κ3) is 6.17. The van der Waals surface area contributed by atoms with Crippen molar-refractivity contribution in [3.05, 3.63) is 109 Å². The molecule has 0 saturated carbocycles. The van der Waals surface area contributed by atoms with Gasteiger partial charge in [-0.05, 0) is 85.1 Å². The first-order chi connectivity index (χ1) is 20.0. The van der Waals surface area contributed by atoms with E-state index < -0.39 is 0 Å². The minimum atomic E-state index is -0.152. The van der Waals surface area contributed by atoms with E-state index in [1.54, 1.807) is 24.4 Å². The maximum atomic E-state index is 12.2. The summed E-state index contributed by atoms with van der Waals surface area (Å²) in [7, 11) is 1.65. The molecule has 1 amide bonds. The zero-order valence-electron chi connectivity index (χ0n) is 23.3. The second kappa shape index (κ2) is 12.3. The van der Waals surface area contributed by atoms with Gasteiger partial charge in [-0.25, -0.2) is 15.0 Å². The molecule has 0 unspecified atom stereocenters. The second-order valence-electron chi connectivity index (χ2n) is 9.37. The minimum Gasteiger partial charge on any atom is -0.497 e. The number of hydrogen-bond donors (Lipinski definition) is 1. The number of carbonyl (C=O) groups is 1. The van der Waals surface area contributed by atoms with Crippen LogP contribution in [-0.2, 0) is 11.4 Å². The third-order valence-corrected chi connectivity index (χ3v) is 6.70. The first-order valence-electron chi connectivity index (χ1n) is 13.3. The van der Waals surface area contributed by atoms with Gasteiger partial charge in [-0.1, -0.05) is 30.8 Å². The highest BCUT2D eigenvalue weighted by Crippen LogP contribution is 2.34. The first-order valence-corrected chi connectivity index (χ1v) is 13.3. The summed E-state index contributed by atoms with van der Waals surface area (Å²) in [4.78, 5) is 27.6. The van der Waals surface area contributed by atoms with Crippen LogP contribution in [0.4, 0.5) is 17.3 Å². The van der Waals surface area contributed by atoms with Gasteiger partial charge >= 0.3 is 0 Å². The molecular weight excluding hydrogens is 514 g/mol. The van der Waals surface area contributed by atoms with Crippen molar-refractivity contribution in [2.75, 3.05) is 23.9 Å². The van der Waals surface area contributed by atoms with Crippen molar-refractivity contribution in [2.45, 2.75) is 20.5 Å². The monoisotopic (exact) mass is 545 g/mol. The lowest BCUT2D eigenvalue weighted by atomic mass is 10.0. The van der Waals surface area contributed by atoms with Gasteiger partial charge in [-0.3, -0.25) is 4.79 Å². The molecule has 0 aliphatic rings. The van der Waals surface area contributed by atoms with Crippen LogP contribution in [0.25, 0.3) is 22.0 Å². The number of methoxy groups -OCH3 is 1. The van der Waals surface area contributed by atoms with Gasteiger partial charge in [0.05, 0.1) is 12.6 Å². The molecule has 5 aromatic rings. The summed E-state index contributed by atoms with van der Waals surface area (Å²) in [6.07, 6.45) is 4.86. The van der Waals surface area contributed by atoms with Crippen LogP contribution < -0.4 is 19.7 Å². The number of benzene rings is 3. The Morgan fingerprint density at radius 1 is 1.05 bits per heavy atom. The molecule has 8 nitrogen and oxygen atoms in total. The van der Waals surface area contributed by atoms with E-state index in [0.717, 1.165) is 50.3 Å². The molecule has 41 heavy (non-hydrogen) atoms. The van der Waals surface area contributed by atoms with Crippen molar-refractivity contribution in [3.63, 3.8) is 0 Å². The highest BCUT2D eigenvalue weighted by molar-refractivity contribution is 6.01. The predicted octanol–water partition coefficient (Wildman–Crippen LogP) is 6.87. The van der Waals surface area contributed by atoms with Gasteiger partial charge in [-0.2, -0.15) is 0 Å². The molecule has 0 aliphatic carbocycles. The van der Waals surface area contributed by atoms with Crippen molar-refractivity contribution in [3.8, 4) is 22.8 Å². The average Bonchev–Trinajstić information content (AvgIpc) is 3.00. The molecule has 206 valence electrons. The second-order valence-corrected chi connectivity index (χ2v) is 9.37. The lowest BCUT2D eigenvalue weighted by Crippen LogP contribution is -2.28. The fourth-order valence-electron chi connectivity index (χ4n) is 4.57. The average molecular weight is 546 g/mol.